The average Bonchev–Trinajstić information content (AvgIpc) is 2.63. The lowest BCUT2D eigenvalue weighted by molar-refractivity contribution is -0.117. The molecule has 27 heavy (non-hydrogen) atoms. The predicted octanol–water partition coefficient (Wildman–Crippen LogP) is 3.32. The van der Waals surface area contributed by atoms with Crippen molar-refractivity contribution in [2.24, 2.45) is 0 Å². The highest BCUT2D eigenvalue weighted by molar-refractivity contribution is 7.89. The largest absolute Gasteiger partial charge is 0.497 e. The molecule has 0 aliphatic heterocycles. The molecule has 2 aromatic rings. The van der Waals surface area contributed by atoms with Crippen LogP contribution in [0.1, 0.15) is 6.92 Å². The lowest BCUT2D eigenvalue weighted by Crippen LogP contribution is -2.41. The first-order valence-corrected chi connectivity index (χ1v) is 9.92. The molecule has 0 aromatic heterocycles. The van der Waals surface area contributed by atoms with Crippen LogP contribution < -0.4 is 19.5 Å². The Kier molecular flexibility index (Phi) is 6.94. The summed E-state index contributed by atoms with van der Waals surface area (Å²) in [5.41, 5.74) is 0.341. The molecular weight excluding hydrogens is 415 g/mol. The van der Waals surface area contributed by atoms with Crippen LogP contribution in [0.25, 0.3) is 0 Å². The van der Waals surface area contributed by atoms with Crippen molar-refractivity contribution in [3.63, 3.8) is 0 Å². The molecule has 0 bridgehead atoms. The highest BCUT2D eigenvalue weighted by Crippen LogP contribution is 2.29. The van der Waals surface area contributed by atoms with E-state index in [2.05, 4.69) is 10.0 Å². The van der Waals surface area contributed by atoms with E-state index in [-0.39, 0.29) is 14.9 Å². The Hall–Kier alpha value is -2.00. The second-order valence-electron chi connectivity index (χ2n) is 5.47. The lowest BCUT2D eigenvalue weighted by atomic mass is 10.2. The Balaban J connectivity index is 2.19. The second kappa shape index (κ2) is 8.79. The molecule has 1 amide bonds. The number of carbonyl (C=O) groups is 1. The van der Waals surface area contributed by atoms with Gasteiger partial charge in [0, 0.05) is 11.1 Å². The molecule has 146 valence electrons. The number of rotatable bonds is 7. The lowest BCUT2D eigenvalue weighted by Gasteiger charge is -2.17. The van der Waals surface area contributed by atoms with Crippen LogP contribution in [0.15, 0.2) is 41.3 Å². The molecule has 0 aliphatic rings. The first kappa shape index (κ1) is 21.3. The molecule has 0 radical (unpaired) electrons. The molecule has 2 aromatic carbocycles. The minimum atomic E-state index is -4.06. The maximum Gasteiger partial charge on any atom is 0.242 e. The zero-order valence-electron chi connectivity index (χ0n) is 14.7. The summed E-state index contributed by atoms with van der Waals surface area (Å²) in [7, 11) is -1.13. The van der Waals surface area contributed by atoms with E-state index in [1.54, 1.807) is 18.2 Å². The SMILES string of the molecule is COc1ccc(OC)c(NC(=O)[C@@H](C)NS(=O)(=O)c2cc(Cl)ccc2Cl)c1. The fourth-order valence-corrected chi connectivity index (χ4v) is 4.15. The number of nitrogens with one attached hydrogen (secondary N) is 2. The maximum absolute atomic E-state index is 12.5. The van der Waals surface area contributed by atoms with E-state index in [0.29, 0.717) is 17.2 Å². The Bertz CT molecular complexity index is 950. The van der Waals surface area contributed by atoms with Gasteiger partial charge in [0.2, 0.25) is 15.9 Å². The zero-order valence-corrected chi connectivity index (χ0v) is 17.1. The molecule has 1 atom stereocenters. The normalized spacial score (nSPS) is 12.3. The van der Waals surface area contributed by atoms with Crippen molar-refractivity contribution in [2.75, 3.05) is 19.5 Å². The molecular formula is C17H18Cl2N2O5S. The monoisotopic (exact) mass is 432 g/mol. The summed E-state index contributed by atoms with van der Waals surface area (Å²) in [6.07, 6.45) is 0. The number of amides is 1. The third-order valence-corrected chi connectivity index (χ3v) is 5.83. The Morgan fingerprint density at radius 2 is 1.78 bits per heavy atom. The van der Waals surface area contributed by atoms with Gasteiger partial charge in [0.05, 0.1) is 31.0 Å². The van der Waals surface area contributed by atoms with E-state index >= 15 is 0 Å². The van der Waals surface area contributed by atoms with Gasteiger partial charge in [0.25, 0.3) is 0 Å². The summed E-state index contributed by atoms with van der Waals surface area (Å²) < 4.78 is 37.6. The summed E-state index contributed by atoms with van der Waals surface area (Å²) in [5.74, 6) is 0.311. The molecule has 0 spiro atoms. The molecule has 0 aliphatic carbocycles. The third kappa shape index (κ3) is 5.26. The van der Waals surface area contributed by atoms with Gasteiger partial charge >= 0.3 is 0 Å². The molecule has 10 heteroatoms. The molecule has 2 N–H and O–H groups in total. The number of halogens is 2. The van der Waals surface area contributed by atoms with Gasteiger partial charge in [-0.05, 0) is 37.3 Å². The van der Waals surface area contributed by atoms with Crippen molar-refractivity contribution < 1.29 is 22.7 Å². The van der Waals surface area contributed by atoms with E-state index in [1.165, 1.54) is 39.3 Å². The van der Waals surface area contributed by atoms with Crippen LogP contribution in [0.4, 0.5) is 5.69 Å². The quantitative estimate of drug-likeness (QED) is 0.699. The Labute approximate surface area is 167 Å². The number of hydrogen-bond acceptors (Lipinski definition) is 5. The molecule has 7 nitrogen and oxygen atoms in total. The number of hydrogen-bond donors (Lipinski definition) is 2. The summed E-state index contributed by atoms with van der Waals surface area (Å²) in [5, 5.41) is 2.81. The van der Waals surface area contributed by atoms with Crippen LogP contribution in [-0.2, 0) is 14.8 Å². The predicted molar refractivity (Wildman–Crippen MR) is 104 cm³/mol. The highest BCUT2D eigenvalue weighted by atomic mass is 35.5. The van der Waals surface area contributed by atoms with Gasteiger partial charge in [-0.25, -0.2) is 8.42 Å². The number of benzene rings is 2. The van der Waals surface area contributed by atoms with Crippen LogP contribution >= 0.6 is 23.2 Å². The van der Waals surface area contributed by atoms with Crippen LogP contribution in [-0.4, -0.2) is 34.6 Å². The second-order valence-corrected chi connectivity index (χ2v) is 8.00. The topological polar surface area (TPSA) is 93.7 Å². The maximum atomic E-state index is 12.5. The number of methoxy groups -OCH3 is 2. The number of anilines is 1. The van der Waals surface area contributed by atoms with Gasteiger partial charge in [-0.3, -0.25) is 4.79 Å². The van der Waals surface area contributed by atoms with Crippen LogP contribution in [0.5, 0.6) is 11.5 Å². The van der Waals surface area contributed by atoms with Gasteiger partial charge in [0.1, 0.15) is 16.4 Å². The first-order chi connectivity index (χ1) is 12.7. The fraction of sp³-hybridized carbons (Fsp3) is 0.235. The Morgan fingerprint density at radius 3 is 2.41 bits per heavy atom. The van der Waals surface area contributed by atoms with Crippen molar-refractivity contribution in [1.29, 1.82) is 0 Å². The molecule has 0 saturated carbocycles. The van der Waals surface area contributed by atoms with Crippen molar-refractivity contribution in [2.45, 2.75) is 17.9 Å². The zero-order chi connectivity index (χ0) is 20.2. The van der Waals surface area contributed by atoms with Crippen molar-refractivity contribution in [1.82, 2.24) is 4.72 Å². The molecule has 0 fully saturated rings. The molecule has 0 unspecified atom stereocenters. The summed E-state index contributed by atoms with van der Waals surface area (Å²) in [6.45, 7) is 1.40. The van der Waals surface area contributed by atoms with Crippen molar-refractivity contribution in [3.05, 3.63) is 46.4 Å². The van der Waals surface area contributed by atoms with E-state index in [1.807, 2.05) is 0 Å². The minimum Gasteiger partial charge on any atom is -0.497 e. The van der Waals surface area contributed by atoms with Crippen molar-refractivity contribution in [3.8, 4) is 11.5 Å². The van der Waals surface area contributed by atoms with E-state index in [4.69, 9.17) is 32.7 Å². The fourth-order valence-electron chi connectivity index (χ4n) is 2.19. The molecule has 0 heterocycles. The summed E-state index contributed by atoms with van der Waals surface area (Å²) in [6, 6.07) is 7.80. The van der Waals surface area contributed by atoms with Crippen molar-refractivity contribution >= 4 is 44.8 Å². The van der Waals surface area contributed by atoms with E-state index < -0.39 is 22.0 Å². The van der Waals surface area contributed by atoms with Gasteiger partial charge < -0.3 is 14.8 Å². The van der Waals surface area contributed by atoms with E-state index in [9.17, 15) is 13.2 Å². The van der Waals surface area contributed by atoms with Crippen LogP contribution in [0, 0.1) is 0 Å². The minimum absolute atomic E-state index is 0.00558. The molecule has 2 rings (SSSR count). The number of carbonyl (C=O) groups excluding carboxylic acids is 1. The van der Waals surface area contributed by atoms with Gasteiger partial charge in [-0.15, -0.1) is 0 Å². The van der Waals surface area contributed by atoms with E-state index in [0.717, 1.165) is 0 Å². The summed E-state index contributed by atoms with van der Waals surface area (Å²) >= 11 is 11.8. The number of ether oxygens (including phenoxy) is 2. The highest BCUT2D eigenvalue weighted by Gasteiger charge is 2.25. The third-order valence-electron chi connectivity index (χ3n) is 3.57. The Morgan fingerprint density at radius 1 is 1.07 bits per heavy atom. The molecule has 0 saturated heterocycles. The average molecular weight is 433 g/mol. The van der Waals surface area contributed by atoms with Gasteiger partial charge in [0.15, 0.2) is 0 Å². The number of sulfonamides is 1. The smallest absolute Gasteiger partial charge is 0.242 e. The first-order valence-electron chi connectivity index (χ1n) is 7.68. The van der Waals surface area contributed by atoms with Crippen LogP contribution in [0.3, 0.4) is 0 Å². The van der Waals surface area contributed by atoms with Gasteiger partial charge in [-0.2, -0.15) is 4.72 Å². The summed E-state index contributed by atoms with van der Waals surface area (Å²) in [4.78, 5) is 12.2. The van der Waals surface area contributed by atoms with Crippen LogP contribution in [0.2, 0.25) is 10.0 Å². The van der Waals surface area contributed by atoms with Gasteiger partial charge in [-0.1, -0.05) is 23.2 Å². The standard InChI is InChI=1S/C17H18Cl2N2O5S/c1-10(21-27(23,24)16-8-11(18)4-6-13(16)19)17(22)20-14-9-12(25-2)5-7-15(14)26-3/h4-10,21H,1-3H3,(H,20,22)/t10-/m1/s1.